The summed E-state index contributed by atoms with van der Waals surface area (Å²) in [5, 5.41) is -0.576. The maximum Gasteiger partial charge on any atom is 0.416 e. The van der Waals surface area contributed by atoms with Crippen molar-refractivity contribution in [3.63, 3.8) is 0 Å². The summed E-state index contributed by atoms with van der Waals surface area (Å²) < 4.78 is 38.8. The van der Waals surface area contributed by atoms with Crippen molar-refractivity contribution in [3.05, 3.63) is 77.3 Å². The number of halogens is 5. The molecule has 2 nitrogen and oxygen atoms in total. The summed E-state index contributed by atoms with van der Waals surface area (Å²) >= 11 is 12.0. The lowest BCUT2D eigenvalue weighted by atomic mass is 10.1. The molecule has 0 N–H and O–H groups in total. The number of rotatable bonds is 5. The van der Waals surface area contributed by atoms with E-state index in [1.54, 1.807) is 24.3 Å². The van der Waals surface area contributed by atoms with Crippen molar-refractivity contribution >= 4 is 34.8 Å². The monoisotopic (exact) mass is 387 g/mol. The van der Waals surface area contributed by atoms with Gasteiger partial charge in [-0.05, 0) is 35.9 Å². The third-order valence-corrected chi connectivity index (χ3v) is 4.13. The molecule has 132 valence electrons. The number of anilines is 1. The highest BCUT2D eigenvalue weighted by atomic mass is 35.5. The van der Waals surface area contributed by atoms with Crippen LogP contribution in [-0.4, -0.2) is 12.5 Å². The van der Waals surface area contributed by atoms with Crippen molar-refractivity contribution in [2.75, 3.05) is 11.4 Å². The van der Waals surface area contributed by atoms with E-state index in [2.05, 4.69) is 6.58 Å². The van der Waals surface area contributed by atoms with Crippen LogP contribution in [0.1, 0.15) is 16.5 Å². The van der Waals surface area contributed by atoms with Gasteiger partial charge in [0.25, 0.3) is 0 Å². The number of hydrogen-bond donors (Lipinski definition) is 0. The van der Waals surface area contributed by atoms with Gasteiger partial charge >= 0.3 is 6.18 Å². The van der Waals surface area contributed by atoms with Gasteiger partial charge in [-0.3, -0.25) is 4.79 Å². The topological polar surface area (TPSA) is 20.3 Å². The van der Waals surface area contributed by atoms with E-state index in [0.717, 1.165) is 17.0 Å². The zero-order valence-corrected chi connectivity index (χ0v) is 14.4. The van der Waals surface area contributed by atoms with Crippen molar-refractivity contribution in [1.29, 1.82) is 0 Å². The summed E-state index contributed by atoms with van der Waals surface area (Å²) in [5.41, 5.74) is -0.249. The molecule has 2 aromatic carbocycles. The van der Waals surface area contributed by atoms with E-state index in [1.807, 2.05) is 0 Å². The first-order chi connectivity index (χ1) is 11.7. The number of alkyl halides is 4. The Balaban J connectivity index is 2.35. The van der Waals surface area contributed by atoms with E-state index < -0.39 is 23.0 Å². The minimum absolute atomic E-state index is 0.0248. The van der Waals surface area contributed by atoms with Crippen LogP contribution in [0.3, 0.4) is 0 Å². The maximum absolute atomic E-state index is 12.9. The van der Waals surface area contributed by atoms with Crippen molar-refractivity contribution in [3.8, 4) is 0 Å². The average molecular weight is 388 g/mol. The first-order valence-corrected chi connectivity index (χ1v) is 8.04. The smallest absolute Gasteiger partial charge is 0.307 e. The predicted molar refractivity (Wildman–Crippen MR) is 94.0 cm³/mol. The molecule has 0 aliphatic carbocycles. The number of benzene rings is 2. The fourth-order valence-corrected chi connectivity index (χ4v) is 2.60. The molecule has 1 amide bonds. The highest BCUT2D eigenvalue weighted by molar-refractivity contribution is 6.33. The van der Waals surface area contributed by atoms with Crippen molar-refractivity contribution in [2.45, 2.75) is 11.6 Å². The lowest BCUT2D eigenvalue weighted by molar-refractivity contribution is -0.137. The van der Waals surface area contributed by atoms with Crippen LogP contribution in [0.4, 0.5) is 18.9 Å². The van der Waals surface area contributed by atoms with E-state index in [1.165, 1.54) is 18.2 Å². The maximum atomic E-state index is 12.9. The van der Waals surface area contributed by atoms with E-state index >= 15 is 0 Å². The quantitative estimate of drug-likeness (QED) is 0.464. The molecule has 0 spiro atoms. The normalized spacial score (nSPS) is 12.5. The molecule has 0 fully saturated rings. The van der Waals surface area contributed by atoms with Crippen LogP contribution in [0.15, 0.2) is 61.2 Å². The molecule has 2 rings (SSSR count). The van der Waals surface area contributed by atoms with Gasteiger partial charge in [0.15, 0.2) is 0 Å². The van der Waals surface area contributed by atoms with Gasteiger partial charge in [0.05, 0.1) is 5.56 Å². The summed E-state index contributed by atoms with van der Waals surface area (Å²) in [6.07, 6.45) is -3.08. The highest BCUT2D eigenvalue weighted by Crippen LogP contribution is 2.33. The second kappa shape index (κ2) is 7.93. The molecule has 0 aromatic heterocycles. The molecule has 0 aliphatic rings. The van der Waals surface area contributed by atoms with Gasteiger partial charge in [-0.15, -0.1) is 18.2 Å². The van der Waals surface area contributed by atoms with Gasteiger partial charge in [-0.25, -0.2) is 0 Å². The number of carbonyl (C=O) groups is 1. The number of nitrogens with zero attached hydrogens (tertiary/aromatic N) is 1. The Hall–Kier alpha value is -1.98. The number of carbonyl (C=O) groups excluding carboxylic acids is 1. The Morgan fingerprint density at radius 2 is 1.84 bits per heavy atom. The number of hydrogen-bond acceptors (Lipinski definition) is 1. The summed E-state index contributed by atoms with van der Waals surface area (Å²) in [7, 11) is 0. The zero-order chi connectivity index (χ0) is 18.6. The van der Waals surface area contributed by atoms with E-state index in [9.17, 15) is 18.0 Å². The SMILES string of the molecule is C=CCN(C(=O)C(Cl)c1ccc(Cl)cc1)c1cccc(C(F)(F)F)c1. The Kier molecular flexibility index (Phi) is 6.14. The lowest BCUT2D eigenvalue weighted by Crippen LogP contribution is -2.34. The van der Waals surface area contributed by atoms with E-state index in [-0.39, 0.29) is 12.2 Å². The highest BCUT2D eigenvalue weighted by Gasteiger charge is 2.32. The largest absolute Gasteiger partial charge is 0.416 e. The molecule has 2 aromatic rings. The predicted octanol–water partition coefficient (Wildman–Crippen LogP) is 5.86. The molecule has 7 heteroatoms. The Morgan fingerprint density at radius 1 is 1.20 bits per heavy atom. The Labute approximate surface area is 153 Å². The van der Waals surface area contributed by atoms with Crippen LogP contribution < -0.4 is 4.90 Å². The molecule has 1 unspecified atom stereocenters. The molecule has 0 saturated carbocycles. The molecular formula is C18H14Cl2F3NO. The first-order valence-electron chi connectivity index (χ1n) is 7.23. The zero-order valence-electron chi connectivity index (χ0n) is 12.9. The summed E-state index contributed by atoms with van der Waals surface area (Å²) in [4.78, 5) is 13.9. The van der Waals surface area contributed by atoms with Crippen LogP contribution in [-0.2, 0) is 11.0 Å². The number of amides is 1. The van der Waals surface area contributed by atoms with Crippen molar-refractivity contribution in [2.24, 2.45) is 0 Å². The standard InChI is InChI=1S/C18H14Cl2F3NO/c1-2-10-24(15-5-3-4-13(11-15)18(21,22)23)17(25)16(20)12-6-8-14(19)9-7-12/h2-9,11,16H,1,10H2. The second-order valence-corrected chi connectivity index (χ2v) is 6.07. The third kappa shape index (κ3) is 4.77. The lowest BCUT2D eigenvalue weighted by Gasteiger charge is -2.25. The summed E-state index contributed by atoms with van der Waals surface area (Å²) in [6.45, 7) is 3.57. The molecule has 0 aliphatic heterocycles. The summed E-state index contributed by atoms with van der Waals surface area (Å²) in [5.74, 6) is -0.553. The van der Waals surface area contributed by atoms with E-state index in [4.69, 9.17) is 23.2 Å². The summed E-state index contributed by atoms with van der Waals surface area (Å²) in [6, 6.07) is 10.9. The van der Waals surface area contributed by atoms with Gasteiger partial charge in [0, 0.05) is 17.3 Å². The van der Waals surface area contributed by atoms with E-state index in [0.29, 0.717) is 10.6 Å². The second-order valence-electron chi connectivity index (χ2n) is 5.20. The fraction of sp³-hybridized carbons (Fsp3) is 0.167. The molecule has 0 heterocycles. The first kappa shape index (κ1) is 19.3. The van der Waals surface area contributed by atoms with Gasteiger partial charge in [-0.2, -0.15) is 13.2 Å². The van der Waals surface area contributed by atoms with Crippen LogP contribution in [0.5, 0.6) is 0 Å². The van der Waals surface area contributed by atoms with Crippen LogP contribution in [0.2, 0.25) is 5.02 Å². The van der Waals surface area contributed by atoms with Crippen LogP contribution in [0, 0.1) is 0 Å². The molecule has 0 radical (unpaired) electrons. The van der Waals surface area contributed by atoms with Gasteiger partial charge < -0.3 is 4.90 Å². The Bertz CT molecular complexity index is 760. The molecule has 0 bridgehead atoms. The molecule has 1 atom stereocenters. The van der Waals surface area contributed by atoms with Crippen molar-refractivity contribution in [1.82, 2.24) is 0 Å². The fourth-order valence-electron chi connectivity index (χ4n) is 2.21. The molecular weight excluding hydrogens is 374 g/mol. The van der Waals surface area contributed by atoms with Gasteiger partial charge in [0.2, 0.25) is 5.91 Å². The molecule has 0 saturated heterocycles. The van der Waals surface area contributed by atoms with Crippen LogP contribution in [0.25, 0.3) is 0 Å². The van der Waals surface area contributed by atoms with Crippen LogP contribution >= 0.6 is 23.2 Å². The average Bonchev–Trinajstić information content (AvgIpc) is 2.58. The third-order valence-electron chi connectivity index (χ3n) is 3.44. The Morgan fingerprint density at radius 3 is 2.40 bits per heavy atom. The minimum atomic E-state index is -4.50. The van der Waals surface area contributed by atoms with Gasteiger partial charge in [-0.1, -0.05) is 35.9 Å². The molecule has 25 heavy (non-hydrogen) atoms. The van der Waals surface area contributed by atoms with Gasteiger partial charge in [0.1, 0.15) is 5.38 Å². The minimum Gasteiger partial charge on any atom is -0.307 e. The van der Waals surface area contributed by atoms with Crippen molar-refractivity contribution < 1.29 is 18.0 Å².